The molecule has 30 heavy (non-hydrogen) atoms. The number of carbonyl (C=O) groups is 3. The van der Waals surface area contributed by atoms with Crippen LogP contribution < -0.4 is 0 Å². The molecule has 1 aromatic heterocycles. The van der Waals surface area contributed by atoms with Crippen LogP contribution in [0.4, 0.5) is 4.79 Å². The lowest BCUT2D eigenvalue weighted by Gasteiger charge is -2.27. The van der Waals surface area contributed by atoms with E-state index in [1.54, 1.807) is 6.08 Å². The molecule has 6 nitrogen and oxygen atoms in total. The number of carbonyl (C=O) groups excluding carboxylic acids is 3. The second-order valence-corrected chi connectivity index (χ2v) is 9.20. The molecule has 3 heterocycles. The molecule has 0 atom stereocenters. The van der Waals surface area contributed by atoms with Gasteiger partial charge in [-0.15, -0.1) is 6.42 Å². The number of benzene rings is 1. The lowest BCUT2D eigenvalue weighted by atomic mass is 10.1. The second kappa shape index (κ2) is 8.70. The van der Waals surface area contributed by atoms with Gasteiger partial charge in [0.25, 0.3) is 11.1 Å². The van der Waals surface area contributed by atoms with Gasteiger partial charge in [0.05, 0.1) is 11.4 Å². The average Bonchev–Trinajstić information content (AvgIpc) is 3.20. The molecule has 0 spiro atoms. The van der Waals surface area contributed by atoms with E-state index in [1.807, 2.05) is 33.9 Å². The molecule has 1 aromatic carbocycles. The summed E-state index contributed by atoms with van der Waals surface area (Å²) in [6, 6.07) is 5.83. The van der Waals surface area contributed by atoms with Gasteiger partial charge in [-0.05, 0) is 55.3 Å². The quantitative estimate of drug-likeness (QED) is 0.483. The zero-order valence-corrected chi connectivity index (χ0v) is 18.7. The van der Waals surface area contributed by atoms with E-state index in [0.29, 0.717) is 4.91 Å². The fourth-order valence-corrected chi connectivity index (χ4v) is 4.99. The first-order valence-electron chi connectivity index (χ1n) is 9.73. The van der Waals surface area contributed by atoms with E-state index in [-0.39, 0.29) is 30.1 Å². The molecule has 2 aliphatic heterocycles. The molecule has 2 aromatic rings. The highest BCUT2D eigenvalue weighted by Gasteiger charge is 2.34. The number of likely N-dealkylation sites (tertiary alicyclic amines) is 1. The van der Waals surface area contributed by atoms with Crippen LogP contribution in [0.1, 0.15) is 24.8 Å². The fourth-order valence-electron chi connectivity index (χ4n) is 3.80. The van der Waals surface area contributed by atoms with Crippen molar-refractivity contribution in [1.29, 1.82) is 0 Å². The smallest absolute Gasteiger partial charge is 0.294 e. The van der Waals surface area contributed by atoms with Crippen LogP contribution in [0.15, 0.2) is 33.8 Å². The van der Waals surface area contributed by atoms with Crippen molar-refractivity contribution in [3.05, 3.63) is 39.3 Å². The third-order valence-corrected chi connectivity index (χ3v) is 6.70. The van der Waals surface area contributed by atoms with Gasteiger partial charge in [0.2, 0.25) is 5.91 Å². The molecule has 2 aliphatic rings. The van der Waals surface area contributed by atoms with E-state index >= 15 is 0 Å². The first kappa shape index (κ1) is 20.8. The number of hydrogen-bond donors (Lipinski definition) is 0. The van der Waals surface area contributed by atoms with Crippen LogP contribution in [0, 0.1) is 12.3 Å². The summed E-state index contributed by atoms with van der Waals surface area (Å²) in [5.74, 6) is 2.05. The van der Waals surface area contributed by atoms with Crippen LogP contribution in [0.2, 0.25) is 0 Å². The fraction of sp³-hybridized carbons (Fsp3) is 0.318. The molecule has 0 radical (unpaired) electrons. The highest BCUT2D eigenvalue weighted by atomic mass is 79.9. The lowest BCUT2D eigenvalue weighted by molar-refractivity contribution is -0.132. The van der Waals surface area contributed by atoms with Crippen molar-refractivity contribution < 1.29 is 14.4 Å². The van der Waals surface area contributed by atoms with Crippen molar-refractivity contribution in [2.24, 2.45) is 0 Å². The van der Waals surface area contributed by atoms with E-state index in [9.17, 15) is 14.4 Å². The van der Waals surface area contributed by atoms with Crippen molar-refractivity contribution >= 4 is 61.7 Å². The van der Waals surface area contributed by atoms with Gasteiger partial charge >= 0.3 is 0 Å². The number of amides is 3. The maximum Gasteiger partial charge on any atom is 0.294 e. The van der Waals surface area contributed by atoms with Gasteiger partial charge in [0, 0.05) is 40.2 Å². The number of piperidine rings is 1. The van der Waals surface area contributed by atoms with Gasteiger partial charge in [-0.2, -0.15) is 0 Å². The minimum absolute atomic E-state index is 0.0420. The number of thioether (sulfide) groups is 1. The van der Waals surface area contributed by atoms with Gasteiger partial charge in [-0.1, -0.05) is 21.9 Å². The van der Waals surface area contributed by atoms with E-state index in [0.717, 1.165) is 63.5 Å². The standard InChI is InChI=1S/C22H20BrN3O3S/c1-2-8-26-21(28)19(30-22(26)29)11-15-13-25(18-7-6-16(23)12-17(15)18)14-20(27)24-9-4-3-5-10-24/h1,6-7,11-13H,3-5,8-10,14H2/b19-11-. The number of hydrogen-bond acceptors (Lipinski definition) is 4. The molecule has 0 bridgehead atoms. The Labute approximate surface area is 187 Å². The molecule has 2 saturated heterocycles. The number of halogens is 1. The summed E-state index contributed by atoms with van der Waals surface area (Å²) in [7, 11) is 0. The Hall–Kier alpha value is -2.50. The topological polar surface area (TPSA) is 62.6 Å². The number of aromatic nitrogens is 1. The van der Waals surface area contributed by atoms with Crippen LogP contribution >= 0.6 is 27.7 Å². The third-order valence-electron chi connectivity index (χ3n) is 5.30. The van der Waals surface area contributed by atoms with Gasteiger partial charge in [0.15, 0.2) is 0 Å². The zero-order chi connectivity index (χ0) is 21.3. The van der Waals surface area contributed by atoms with E-state index in [4.69, 9.17) is 6.42 Å². The minimum atomic E-state index is -0.386. The normalized spacial score (nSPS) is 18.5. The Morgan fingerprint density at radius 3 is 2.73 bits per heavy atom. The van der Waals surface area contributed by atoms with Gasteiger partial charge < -0.3 is 9.47 Å². The Morgan fingerprint density at radius 1 is 1.23 bits per heavy atom. The van der Waals surface area contributed by atoms with Crippen molar-refractivity contribution in [3.63, 3.8) is 0 Å². The highest BCUT2D eigenvalue weighted by molar-refractivity contribution is 9.10. The van der Waals surface area contributed by atoms with E-state index in [1.165, 1.54) is 6.42 Å². The van der Waals surface area contributed by atoms with Gasteiger partial charge in [-0.3, -0.25) is 19.3 Å². The highest BCUT2D eigenvalue weighted by Crippen LogP contribution is 2.34. The van der Waals surface area contributed by atoms with E-state index in [2.05, 4.69) is 21.9 Å². The molecule has 0 unspecified atom stereocenters. The average molecular weight is 486 g/mol. The first-order valence-corrected chi connectivity index (χ1v) is 11.3. The number of fused-ring (bicyclic) bond motifs is 1. The molecule has 2 fully saturated rings. The van der Waals surface area contributed by atoms with Gasteiger partial charge in [0.1, 0.15) is 6.54 Å². The Kier molecular flexibility index (Phi) is 6.02. The van der Waals surface area contributed by atoms with Crippen LogP contribution in [0.3, 0.4) is 0 Å². The summed E-state index contributed by atoms with van der Waals surface area (Å²) >= 11 is 4.37. The summed E-state index contributed by atoms with van der Waals surface area (Å²) in [6.07, 6.45) is 12.1. The third kappa shape index (κ3) is 4.05. The summed E-state index contributed by atoms with van der Waals surface area (Å²) in [6.45, 7) is 1.81. The summed E-state index contributed by atoms with van der Waals surface area (Å²) in [4.78, 5) is 40.7. The minimum Gasteiger partial charge on any atom is -0.341 e. The lowest BCUT2D eigenvalue weighted by Crippen LogP contribution is -2.37. The monoisotopic (exact) mass is 485 g/mol. The maximum atomic E-state index is 12.8. The molecule has 3 amide bonds. The van der Waals surface area contributed by atoms with Crippen molar-refractivity contribution in [2.45, 2.75) is 25.8 Å². The number of terminal acetylenes is 1. The molecule has 0 N–H and O–H groups in total. The van der Waals surface area contributed by atoms with Crippen LogP contribution in [0.25, 0.3) is 17.0 Å². The predicted molar refractivity (Wildman–Crippen MR) is 122 cm³/mol. The molecule has 154 valence electrons. The molecule has 0 saturated carbocycles. The van der Waals surface area contributed by atoms with Crippen molar-refractivity contribution in [1.82, 2.24) is 14.4 Å². The zero-order valence-electron chi connectivity index (χ0n) is 16.3. The molecular weight excluding hydrogens is 466 g/mol. The predicted octanol–water partition coefficient (Wildman–Crippen LogP) is 4.09. The number of rotatable bonds is 4. The molecule has 0 aliphatic carbocycles. The molecular formula is C22H20BrN3O3S. The van der Waals surface area contributed by atoms with Crippen LogP contribution in [0.5, 0.6) is 0 Å². The van der Waals surface area contributed by atoms with Crippen LogP contribution in [-0.4, -0.2) is 51.1 Å². The SMILES string of the molecule is C#CCN1C(=O)S/C(=C\c2cn(CC(=O)N3CCCCC3)c3ccc(Br)cc23)C1=O. The van der Waals surface area contributed by atoms with Crippen molar-refractivity contribution in [2.75, 3.05) is 19.6 Å². The van der Waals surface area contributed by atoms with E-state index < -0.39 is 0 Å². The second-order valence-electron chi connectivity index (χ2n) is 7.29. The Bertz CT molecular complexity index is 1110. The number of imide groups is 1. The largest absolute Gasteiger partial charge is 0.341 e. The summed E-state index contributed by atoms with van der Waals surface area (Å²) in [5, 5.41) is 0.536. The van der Waals surface area contributed by atoms with Crippen LogP contribution in [-0.2, 0) is 16.1 Å². The maximum absolute atomic E-state index is 12.8. The summed E-state index contributed by atoms with van der Waals surface area (Å²) < 4.78 is 2.81. The summed E-state index contributed by atoms with van der Waals surface area (Å²) in [5.41, 5.74) is 1.68. The Morgan fingerprint density at radius 2 is 2.00 bits per heavy atom. The van der Waals surface area contributed by atoms with Gasteiger partial charge in [-0.25, -0.2) is 0 Å². The number of nitrogens with zero attached hydrogens (tertiary/aromatic N) is 3. The van der Waals surface area contributed by atoms with Crippen molar-refractivity contribution in [3.8, 4) is 12.3 Å². The molecule has 4 rings (SSSR count). The Balaban J connectivity index is 1.68. The molecule has 8 heteroatoms. The first-order chi connectivity index (χ1) is 14.5.